The highest BCUT2D eigenvalue weighted by atomic mass is 16.4. The van der Waals surface area contributed by atoms with Crippen LogP contribution in [0.1, 0.15) is 29.8 Å². The Kier molecular flexibility index (Phi) is 3.02. The number of nitrogen functional groups attached to an aromatic ring is 1. The molecule has 1 aliphatic heterocycles. The molecule has 0 spiro atoms. The van der Waals surface area contributed by atoms with Crippen LogP contribution in [0.25, 0.3) is 0 Å². The van der Waals surface area contributed by atoms with Gasteiger partial charge in [-0.1, -0.05) is 0 Å². The summed E-state index contributed by atoms with van der Waals surface area (Å²) < 4.78 is 0. The number of nitrogens with zero attached hydrogens (tertiary/aromatic N) is 2. The number of carboxylic acid groups (broad SMARTS) is 1. The van der Waals surface area contributed by atoms with Crippen LogP contribution in [0.4, 0.5) is 11.5 Å². The maximum absolute atomic E-state index is 10.9. The number of rotatable bonds is 4. The van der Waals surface area contributed by atoms with E-state index < -0.39 is 5.97 Å². The SMILES string of the molecule is Nc1ccc(C(=O)O)nc1NC1CCN(C2CC2)C1. The fraction of sp³-hybridized carbons (Fsp3) is 0.538. The maximum Gasteiger partial charge on any atom is 0.354 e. The zero-order chi connectivity index (χ0) is 13.4. The van der Waals surface area contributed by atoms with E-state index in [1.807, 2.05) is 0 Å². The van der Waals surface area contributed by atoms with E-state index in [0.29, 0.717) is 17.5 Å². The second-order valence-corrected chi connectivity index (χ2v) is 5.30. The van der Waals surface area contributed by atoms with E-state index in [0.717, 1.165) is 25.6 Å². The first-order valence-electron chi connectivity index (χ1n) is 6.64. The van der Waals surface area contributed by atoms with Crippen molar-refractivity contribution in [3.05, 3.63) is 17.8 Å². The average Bonchev–Trinajstić information content (AvgIpc) is 3.13. The first kappa shape index (κ1) is 12.2. The van der Waals surface area contributed by atoms with Crippen LogP contribution in [0.3, 0.4) is 0 Å². The summed E-state index contributed by atoms with van der Waals surface area (Å²) >= 11 is 0. The van der Waals surface area contributed by atoms with Gasteiger partial charge in [-0.15, -0.1) is 0 Å². The van der Waals surface area contributed by atoms with Crippen molar-refractivity contribution in [2.24, 2.45) is 0 Å². The van der Waals surface area contributed by atoms with Crippen molar-refractivity contribution in [1.82, 2.24) is 9.88 Å². The molecule has 3 rings (SSSR count). The third-order valence-electron chi connectivity index (χ3n) is 3.77. The predicted molar refractivity (Wildman–Crippen MR) is 72.2 cm³/mol. The van der Waals surface area contributed by atoms with Gasteiger partial charge in [0.25, 0.3) is 0 Å². The fourth-order valence-corrected chi connectivity index (χ4v) is 2.57. The zero-order valence-corrected chi connectivity index (χ0v) is 10.7. The van der Waals surface area contributed by atoms with Crippen LogP contribution in [0.15, 0.2) is 12.1 Å². The molecule has 2 aliphatic rings. The number of nitrogens with one attached hydrogen (secondary N) is 1. The van der Waals surface area contributed by atoms with Crippen LogP contribution < -0.4 is 11.1 Å². The summed E-state index contributed by atoms with van der Waals surface area (Å²) in [5.41, 5.74) is 6.36. The van der Waals surface area contributed by atoms with E-state index >= 15 is 0 Å². The zero-order valence-electron chi connectivity index (χ0n) is 10.7. The van der Waals surface area contributed by atoms with Gasteiger partial charge in [0.05, 0.1) is 5.69 Å². The molecule has 6 nitrogen and oxygen atoms in total. The van der Waals surface area contributed by atoms with Gasteiger partial charge in [0, 0.05) is 25.2 Å². The van der Waals surface area contributed by atoms with Crippen molar-refractivity contribution < 1.29 is 9.90 Å². The standard InChI is InChI=1S/C13H18N4O2/c14-10-3-4-11(13(18)19)16-12(10)15-8-5-6-17(7-8)9-1-2-9/h3-4,8-9H,1-2,5-7,14H2,(H,15,16)(H,18,19). The minimum Gasteiger partial charge on any atom is -0.477 e. The van der Waals surface area contributed by atoms with Crippen LogP contribution >= 0.6 is 0 Å². The Hall–Kier alpha value is -1.82. The van der Waals surface area contributed by atoms with E-state index in [2.05, 4.69) is 15.2 Å². The molecule has 1 unspecified atom stereocenters. The fourth-order valence-electron chi connectivity index (χ4n) is 2.57. The van der Waals surface area contributed by atoms with Gasteiger partial charge in [-0.05, 0) is 31.4 Å². The van der Waals surface area contributed by atoms with Crippen LogP contribution in [0, 0.1) is 0 Å². The van der Waals surface area contributed by atoms with Crippen LogP contribution in [-0.4, -0.2) is 46.1 Å². The van der Waals surface area contributed by atoms with E-state index in [1.54, 1.807) is 6.07 Å². The number of aromatic nitrogens is 1. The number of likely N-dealkylation sites (tertiary alicyclic amines) is 1. The summed E-state index contributed by atoms with van der Waals surface area (Å²) in [7, 11) is 0. The summed E-state index contributed by atoms with van der Waals surface area (Å²) in [6.07, 6.45) is 3.66. The Morgan fingerprint density at radius 2 is 2.21 bits per heavy atom. The molecule has 4 N–H and O–H groups in total. The van der Waals surface area contributed by atoms with Crippen molar-refractivity contribution in [2.75, 3.05) is 24.1 Å². The lowest BCUT2D eigenvalue weighted by atomic mass is 10.2. The summed E-state index contributed by atoms with van der Waals surface area (Å²) in [6, 6.07) is 4.09. The summed E-state index contributed by atoms with van der Waals surface area (Å²) in [4.78, 5) is 17.5. The van der Waals surface area contributed by atoms with Gasteiger partial charge >= 0.3 is 5.97 Å². The number of carbonyl (C=O) groups is 1. The first-order chi connectivity index (χ1) is 9.13. The van der Waals surface area contributed by atoms with Gasteiger partial charge in [-0.25, -0.2) is 9.78 Å². The van der Waals surface area contributed by atoms with Crippen molar-refractivity contribution in [3.63, 3.8) is 0 Å². The summed E-state index contributed by atoms with van der Waals surface area (Å²) in [6.45, 7) is 2.09. The smallest absolute Gasteiger partial charge is 0.354 e. The molecule has 0 bridgehead atoms. The number of pyridine rings is 1. The highest BCUT2D eigenvalue weighted by Crippen LogP contribution is 2.30. The van der Waals surface area contributed by atoms with Gasteiger partial charge in [-0.3, -0.25) is 4.90 Å². The Morgan fingerprint density at radius 1 is 1.42 bits per heavy atom. The highest BCUT2D eigenvalue weighted by Gasteiger charge is 2.34. The van der Waals surface area contributed by atoms with Crippen molar-refractivity contribution in [3.8, 4) is 0 Å². The molecule has 1 saturated carbocycles. The van der Waals surface area contributed by atoms with E-state index in [1.165, 1.54) is 18.9 Å². The van der Waals surface area contributed by atoms with Gasteiger partial charge in [0.2, 0.25) is 0 Å². The molecular weight excluding hydrogens is 244 g/mol. The number of hydrogen-bond donors (Lipinski definition) is 3. The lowest BCUT2D eigenvalue weighted by Gasteiger charge is -2.17. The molecule has 2 heterocycles. The van der Waals surface area contributed by atoms with Gasteiger partial charge in [0.1, 0.15) is 5.82 Å². The highest BCUT2D eigenvalue weighted by molar-refractivity contribution is 5.86. The van der Waals surface area contributed by atoms with Gasteiger partial charge < -0.3 is 16.2 Å². The summed E-state index contributed by atoms with van der Waals surface area (Å²) in [5.74, 6) is -0.545. The van der Waals surface area contributed by atoms with Gasteiger partial charge in [-0.2, -0.15) is 0 Å². The minimum atomic E-state index is -1.03. The molecule has 1 aliphatic carbocycles. The van der Waals surface area contributed by atoms with E-state index in [9.17, 15) is 4.79 Å². The van der Waals surface area contributed by atoms with Crippen molar-refractivity contribution in [1.29, 1.82) is 0 Å². The summed E-state index contributed by atoms with van der Waals surface area (Å²) in [5, 5.41) is 12.2. The molecular formula is C13H18N4O2. The Labute approximate surface area is 111 Å². The molecule has 0 aromatic carbocycles. The minimum absolute atomic E-state index is 0.0220. The van der Waals surface area contributed by atoms with Crippen molar-refractivity contribution in [2.45, 2.75) is 31.3 Å². The number of carboxylic acids is 1. The third-order valence-corrected chi connectivity index (χ3v) is 3.77. The largest absolute Gasteiger partial charge is 0.477 e. The van der Waals surface area contributed by atoms with E-state index in [4.69, 9.17) is 10.8 Å². The number of hydrogen-bond acceptors (Lipinski definition) is 5. The molecule has 0 amide bonds. The normalized spacial score (nSPS) is 23.5. The second-order valence-electron chi connectivity index (χ2n) is 5.30. The van der Waals surface area contributed by atoms with E-state index in [-0.39, 0.29) is 5.69 Å². The number of nitrogens with two attached hydrogens (primary N) is 1. The maximum atomic E-state index is 10.9. The first-order valence-corrected chi connectivity index (χ1v) is 6.64. The molecule has 102 valence electrons. The lowest BCUT2D eigenvalue weighted by Crippen LogP contribution is -2.28. The number of anilines is 2. The Bertz CT molecular complexity index is 501. The lowest BCUT2D eigenvalue weighted by molar-refractivity contribution is 0.0690. The third kappa shape index (κ3) is 2.63. The molecule has 1 aromatic heterocycles. The monoisotopic (exact) mass is 262 g/mol. The van der Waals surface area contributed by atoms with Crippen LogP contribution in [0.2, 0.25) is 0 Å². The molecule has 19 heavy (non-hydrogen) atoms. The van der Waals surface area contributed by atoms with Crippen molar-refractivity contribution >= 4 is 17.5 Å². The van der Waals surface area contributed by atoms with Crippen LogP contribution in [0.5, 0.6) is 0 Å². The Balaban J connectivity index is 1.68. The molecule has 1 atom stereocenters. The average molecular weight is 262 g/mol. The predicted octanol–water partition coefficient (Wildman–Crippen LogP) is 1.01. The molecule has 0 radical (unpaired) electrons. The molecule has 6 heteroatoms. The van der Waals surface area contributed by atoms with Crippen LogP contribution in [-0.2, 0) is 0 Å². The van der Waals surface area contributed by atoms with Gasteiger partial charge in [0.15, 0.2) is 5.69 Å². The molecule has 1 aromatic rings. The Morgan fingerprint density at radius 3 is 2.89 bits per heavy atom. The second kappa shape index (κ2) is 4.70. The number of aromatic carboxylic acids is 1. The quantitative estimate of drug-likeness (QED) is 0.750. The molecule has 2 fully saturated rings. The topological polar surface area (TPSA) is 91.5 Å². The molecule has 1 saturated heterocycles.